The molecule has 0 radical (unpaired) electrons. The van der Waals surface area contributed by atoms with Crippen LogP contribution in [0.4, 0.5) is 15.8 Å². The van der Waals surface area contributed by atoms with Gasteiger partial charge in [0.2, 0.25) is 0 Å². The summed E-state index contributed by atoms with van der Waals surface area (Å²) >= 11 is 12.9. The molecule has 0 amide bonds. The topological polar surface area (TPSA) is 36.3 Å². The van der Waals surface area contributed by atoms with Crippen molar-refractivity contribution >= 4 is 40.3 Å². The number of halogens is 2. The Morgan fingerprint density at radius 1 is 0.975 bits per heavy atom. The molecule has 5 nitrogen and oxygen atoms in total. The number of benzene rings is 2. The van der Waals surface area contributed by atoms with Gasteiger partial charge in [-0.15, -0.1) is 0 Å². The van der Waals surface area contributed by atoms with Crippen molar-refractivity contribution in [3.63, 3.8) is 0 Å². The molecular weight excluding hydrogens is 541 g/mol. The van der Waals surface area contributed by atoms with E-state index in [1.165, 1.54) is 18.9 Å². The van der Waals surface area contributed by atoms with Crippen LogP contribution in [-0.2, 0) is 0 Å². The maximum absolute atomic E-state index is 14.2. The summed E-state index contributed by atoms with van der Waals surface area (Å²) in [5.41, 5.74) is 6.82. The van der Waals surface area contributed by atoms with Crippen molar-refractivity contribution in [3.8, 4) is 5.69 Å². The summed E-state index contributed by atoms with van der Waals surface area (Å²) in [6, 6.07) is 20.7. The molecular formula is C32H33ClFN5S. The maximum atomic E-state index is 14.2. The lowest BCUT2D eigenvalue weighted by Gasteiger charge is -2.33. The van der Waals surface area contributed by atoms with E-state index in [0.717, 1.165) is 63.7 Å². The minimum atomic E-state index is -0.263. The summed E-state index contributed by atoms with van der Waals surface area (Å²) in [7, 11) is 0. The second kappa shape index (κ2) is 10.9. The van der Waals surface area contributed by atoms with Gasteiger partial charge in [-0.25, -0.2) is 4.39 Å². The van der Waals surface area contributed by atoms with E-state index in [2.05, 4.69) is 56.7 Å². The predicted octanol–water partition coefficient (Wildman–Crippen LogP) is 7.70. The average molecular weight is 574 g/mol. The molecule has 6 rings (SSSR count). The summed E-state index contributed by atoms with van der Waals surface area (Å²) in [5, 5.41) is 4.89. The first-order valence-electron chi connectivity index (χ1n) is 13.8. The minimum absolute atomic E-state index is 0.183. The Bertz CT molecular complexity index is 1550. The first-order valence-corrected chi connectivity index (χ1v) is 14.6. The molecule has 4 heterocycles. The van der Waals surface area contributed by atoms with Crippen molar-refractivity contribution in [1.82, 2.24) is 14.9 Å². The number of pyridine rings is 1. The molecule has 2 aliphatic rings. The minimum Gasteiger partial charge on any atom is -0.370 e. The molecule has 40 heavy (non-hydrogen) atoms. The molecule has 0 aliphatic carbocycles. The number of hydrogen-bond donors (Lipinski definition) is 1. The van der Waals surface area contributed by atoms with Crippen LogP contribution in [0.2, 0.25) is 5.02 Å². The van der Waals surface area contributed by atoms with Gasteiger partial charge < -0.3 is 19.7 Å². The third-order valence-corrected chi connectivity index (χ3v) is 8.90. The van der Waals surface area contributed by atoms with Gasteiger partial charge in [-0.2, -0.15) is 0 Å². The number of hydrogen-bond acceptors (Lipinski definition) is 3. The molecule has 206 valence electrons. The molecule has 2 fully saturated rings. The number of nitrogens with one attached hydrogen (secondary N) is 1. The van der Waals surface area contributed by atoms with Crippen LogP contribution in [0.15, 0.2) is 72.9 Å². The zero-order valence-electron chi connectivity index (χ0n) is 22.9. The molecule has 8 heteroatoms. The lowest BCUT2D eigenvalue weighted by Crippen LogP contribution is -2.33. The molecule has 2 aromatic heterocycles. The highest BCUT2D eigenvalue weighted by atomic mass is 35.5. The number of aryl methyl sites for hydroxylation is 1. The van der Waals surface area contributed by atoms with Crippen LogP contribution in [0.1, 0.15) is 54.5 Å². The molecule has 0 spiro atoms. The highest BCUT2D eigenvalue weighted by Crippen LogP contribution is 2.45. The molecule has 0 unspecified atom stereocenters. The number of piperidine rings is 1. The Morgan fingerprint density at radius 2 is 1.77 bits per heavy atom. The Labute approximate surface area is 245 Å². The maximum Gasteiger partial charge on any atom is 0.174 e. The van der Waals surface area contributed by atoms with Gasteiger partial charge in [-0.1, -0.05) is 30.7 Å². The van der Waals surface area contributed by atoms with Gasteiger partial charge >= 0.3 is 0 Å². The summed E-state index contributed by atoms with van der Waals surface area (Å²) in [5.74, 6) is 0.485. The van der Waals surface area contributed by atoms with E-state index in [0.29, 0.717) is 5.11 Å². The van der Waals surface area contributed by atoms with Gasteiger partial charge in [-0.3, -0.25) is 4.98 Å². The van der Waals surface area contributed by atoms with Crippen LogP contribution in [0.5, 0.6) is 0 Å². The SMILES string of the molecule is Cc1cc([C@H]2[C@H](c3ccccn3)NC(=S)N2c2ccc(N3CCC(C)CC3)c(Cl)c2)c(C)n1-c1cccc(F)c1. The van der Waals surface area contributed by atoms with Crippen molar-refractivity contribution < 1.29 is 4.39 Å². The van der Waals surface area contributed by atoms with Crippen LogP contribution >= 0.6 is 23.8 Å². The standard InChI is InChI=1S/C32H33ClFN5S/c1-20-12-15-37(16-13-20)29-11-10-25(19-27(29)33)39-31(30(36-32(39)40)28-9-4-5-14-35-28)26-17-21(2)38(22(26)3)24-8-6-7-23(34)18-24/h4-11,14,17-20,30-31H,12-13,15-16H2,1-3H3,(H,36,40)/t30-,31-/m0/s1. The summed E-state index contributed by atoms with van der Waals surface area (Å²) < 4.78 is 16.3. The molecule has 0 bridgehead atoms. The van der Waals surface area contributed by atoms with E-state index in [-0.39, 0.29) is 17.9 Å². The molecule has 2 aromatic carbocycles. The van der Waals surface area contributed by atoms with Gasteiger partial charge in [0.15, 0.2) is 5.11 Å². The van der Waals surface area contributed by atoms with Crippen molar-refractivity contribution in [1.29, 1.82) is 0 Å². The van der Waals surface area contributed by atoms with Crippen molar-refractivity contribution in [2.24, 2.45) is 5.92 Å². The third-order valence-electron chi connectivity index (χ3n) is 8.29. The summed E-state index contributed by atoms with van der Waals surface area (Å²) in [6.45, 7) is 8.47. The van der Waals surface area contributed by atoms with E-state index in [4.69, 9.17) is 23.8 Å². The van der Waals surface area contributed by atoms with Gasteiger partial charge in [0.05, 0.1) is 28.5 Å². The molecule has 2 aliphatic heterocycles. The Kier molecular flexibility index (Phi) is 7.27. The Hall–Kier alpha value is -3.42. The van der Waals surface area contributed by atoms with Crippen molar-refractivity contribution in [3.05, 3.63) is 106 Å². The van der Waals surface area contributed by atoms with E-state index in [1.54, 1.807) is 18.3 Å². The zero-order valence-corrected chi connectivity index (χ0v) is 24.5. The third kappa shape index (κ3) is 4.86. The highest BCUT2D eigenvalue weighted by Gasteiger charge is 2.42. The summed E-state index contributed by atoms with van der Waals surface area (Å²) in [6.07, 6.45) is 4.15. The van der Waals surface area contributed by atoms with E-state index in [9.17, 15) is 4.39 Å². The van der Waals surface area contributed by atoms with Crippen LogP contribution in [0.25, 0.3) is 5.69 Å². The largest absolute Gasteiger partial charge is 0.370 e. The highest BCUT2D eigenvalue weighted by molar-refractivity contribution is 7.80. The number of aromatic nitrogens is 2. The second-order valence-corrected chi connectivity index (χ2v) is 11.7. The van der Waals surface area contributed by atoms with Crippen LogP contribution in [-0.4, -0.2) is 27.8 Å². The quantitative estimate of drug-likeness (QED) is 0.248. The fourth-order valence-corrected chi connectivity index (χ4v) is 6.84. The van der Waals surface area contributed by atoms with E-state index >= 15 is 0 Å². The Morgan fingerprint density at radius 3 is 2.48 bits per heavy atom. The molecule has 2 atom stereocenters. The molecule has 0 saturated carbocycles. The van der Waals surface area contributed by atoms with Crippen LogP contribution < -0.4 is 15.1 Å². The van der Waals surface area contributed by atoms with E-state index < -0.39 is 0 Å². The monoisotopic (exact) mass is 573 g/mol. The van der Waals surface area contributed by atoms with Crippen LogP contribution in [0, 0.1) is 25.6 Å². The van der Waals surface area contributed by atoms with Gasteiger partial charge in [-0.05, 0) is 105 Å². The lowest BCUT2D eigenvalue weighted by atomic mass is 9.96. The number of thiocarbonyl (C=S) groups is 1. The molecule has 4 aromatic rings. The smallest absolute Gasteiger partial charge is 0.174 e. The predicted molar refractivity (Wildman–Crippen MR) is 165 cm³/mol. The van der Waals surface area contributed by atoms with Gasteiger partial charge in [0, 0.05) is 42.0 Å². The first kappa shape index (κ1) is 26.8. The van der Waals surface area contributed by atoms with Crippen LogP contribution in [0.3, 0.4) is 0 Å². The van der Waals surface area contributed by atoms with E-state index in [1.807, 2.05) is 37.3 Å². The van der Waals surface area contributed by atoms with Gasteiger partial charge in [0.25, 0.3) is 0 Å². The second-order valence-electron chi connectivity index (χ2n) is 10.9. The molecule has 2 saturated heterocycles. The van der Waals surface area contributed by atoms with Crippen molar-refractivity contribution in [2.75, 3.05) is 22.9 Å². The number of nitrogens with zero attached hydrogens (tertiary/aromatic N) is 4. The zero-order chi connectivity index (χ0) is 28.0. The fourth-order valence-electron chi connectivity index (χ4n) is 6.20. The number of anilines is 2. The normalized spacial score (nSPS) is 19.8. The number of rotatable bonds is 5. The van der Waals surface area contributed by atoms with Crippen molar-refractivity contribution in [2.45, 2.75) is 45.7 Å². The van der Waals surface area contributed by atoms with Gasteiger partial charge in [0.1, 0.15) is 5.82 Å². The lowest BCUT2D eigenvalue weighted by molar-refractivity contribution is 0.438. The first-order chi connectivity index (χ1) is 19.3. The summed E-state index contributed by atoms with van der Waals surface area (Å²) in [4.78, 5) is 9.22. The Balaban J connectivity index is 1.44. The molecule has 1 N–H and O–H groups in total. The fraction of sp³-hybridized carbons (Fsp3) is 0.312. The average Bonchev–Trinajstić information content (AvgIpc) is 3.44.